The molecule has 0 atom stereocenters. The number of ether oxygens (including phenoxy) is 1. The van der Waals surface area contributed by atoms with Gasteiger partial charge in [-0.25, -0.2) is 4.79 Å². The second-order valence-electron chi connectivity index (χ2n) is 7.39. The Kier molecular flexibility index (Phi) is 5.80. The minimum atomic E-state index is -0.419. The van der Waals surface area contributed by atoms with E-state index in [-0.39, 0.29) is 6.09 Å². The van der Waals surface area contributed by atoms with Crippen molar-refractivity contribution in [1.82, 2.24) is 9.88 Å². The predicted octanol–water partition coefficient (Wildman–Crippen LogP) is 4.52. The van der Waals surface area contributed by atoms with Gasteiger partial charge in [0.15, 0.2) is 0 Å². The second kappa shape index (κ2) is 7.62. The molecule has 0 aromatic carbocycles. The first-order chi connectivity index (χ1) is 10.8. The Bertz CT molecular complexity index is 538. The van der Waals surface area contributed by atoms with Gasteiger partial charge in [0.1, 0.15) is 5.60 Å². The highest BCUT2D eigenvalue weighted by atomic mass is 16.6. The van der Waals surface area contributed by atoms with E-state index in [9.17, 15) is 4.79 Å². The van der Waals surface area contributed by atoms with E-state index < -0.39 is 5.60 Å². The van der Waals surface area contributed by atoms with Crippen molar-refractivity contribution in [3.05, 3.63) is 35.7 Å². The average Bonchev–Trinajstić information content (AvgIpc) is 2.47. The number of hydrogen-bond donors (Lipinski definition) is 0. The topological polar surface area (TPSA) is 42.4 Å². The second-order valence-corrected chi connectivity index (χ2v) is 7.39. The third-order valence-corrected chi connectivity index (χ3v) is 4.00. The number of nitrogens with zero attached hydrogens (tertiary/aromatic N) is 2. The maximum Gasteiger partial charge on any atom is 0.410 e. The van der Waals surface area contributed by atoms with Crippen LogP contribution in [0.15, 0.2) is 30.1 Å². The van der Waals surface area contributed by atoms with Gasteiger partial charge in [0.2, 0.25) is 0 Å². The zero-order valence-corrected chi connectivity index (χ0v) is 14.7. The van der Waals surface area contributed by atoms with Crippen LogP contribution in [-0.4, -0.2) is 34.7 Å². The summed E-state index contributed by atoms with van der Waals surface area (Å²) in [7, 11) is 0. The fourth-order valence-corrected chi connectivity index (χ4v) is 2.90. The molecule has 126 valence electrons. The Morgan fingerprint density at radius 3 is 2.48 bits per heavy atom. The minimum absolute atomic E-state index is 0.181. The van der Waals surface area contributed by atoms with Gasteiger partial charge in [0.25, 0.3) is 0 Å². The number of piperidine rings is 1. The molecule has 0 saturated carbocycles. The smallest absolute Gasteiger partial charge is 0.410 e. The zero-order valence-electron chi connectivity index (χ0n) is 14.7. The molecule has 1 aliphatic heterocycles. The molecule has 1 amide bonds. The number of carbonyl (C=O) groups excluding carboxylic acids is 1. The van der Waals surface area contributed by atoms with Crippen molar-refractivity contribution < 1.29 is 9.53 Å². The van der Waals surface area contributed by atoms with Crippen LogP contribution in [0, 0.1) is 5.92 Å². The van der Waals surface area contributed by atoms with E-state index in [0.717, 1.165) is 32.4 Å². The molecular weight excluding hydrogens is 288 g/mol. The molecule has 4 heteroatoms. The zero-order chi connectivity index (χ0) is 16.9. The molecule has 0 bridgehead atoms. The first-order valence-electron chi connectivity index (χ1n) is 8.38. The van der Waals surface area contributed by atoms with Gasteiger partial charge in [-0.2, -0.15) is 0 Å². The van der Waals surface area contributed by atoms with Gasteiger partial charge in [-0.15, -0.1) is 0 Å². The van der Waals surface area contributed by atoms with Crippen molar-refractivity contribution >= 4 is 12.2 Å². The van der Waals surface area contributed by atoms with Gasteiger partial charge in [-0.3, -0.25) is 4.98 Å². The van der Waals surface area contributed by atoms with Gasteiger partial charge in [-0.1, -0.05) is 11.6 Å². The van der Waals surface area contributed by atoms with E-state index in [1.165, 1.54) is 11.1 Å². The maximum absolute atomic E-state index is 12.1. The van der Waals surface area contributed by atoms with Crippen LogP contribution >= 0.6 is 0 Å². The van der Waals surface area contributed by atoms with Crippen LogP contribution in [0.5, 0.6) is 0 Å². The quantitative estimate of drug-likeness (QED) is 0.823. The average molecular weight is 316 g/mol. The van der Waals surface area contributed by atoms with Crippen molar-refractivity contribution in [3.8, 4) is 0 Å². The Morgan fingerprint density at radius 1 is 1.30 bits per heavy atom. The standard InChI is InChI=1S/C19H28N2O2/c1-15(13-16-5-9-20-10-6-16)14-17-7-11-21(12-8-17)18(22)23-19(2,3)4/h5-6,9-10,13,17H,7-8,11-12,14H2,1-4H3. The fourth-order valence-electron chi connectivity index (χ4n) is 2.90. The fraction of sp³-hybridized carbons (Fsp3) is 0.579. The highest BCUT2D eigenvalue weighted by Gasteiger charge is 2.26. The molecule has 0 radical (unpaired) electrons. The molecule has 2 rings (SSSR count). The van der Waals surface area contributed by atoms with Gasteiger partial charge in [-0.05, 0) is 70.6 Å². The Balaban J connectivity index is 1.81. The molecule has 1 fully saturated rings. The van der Waals surface area contributed by atoms with Gasteiger partial charge in [0, 0.05) is 25.5 Å². The third kappa shape index (κ3) is 6.05. The Morgan fingerprint density at radius 2 is 1.91 bits per heavy atom. The largest absolute Gasteiger partial charge is 0.444 e. The van der Waals surface area contributed by atoms with Gasteiger partial charge in [0.05, 0.1) is 0 Å². The lowest BCUT2D eigenvalue weighted by Gasteiger charge is -2.33. The number of aromatic nitrogens is 1. The first kappa shape index (κ1) is 17.5. The van der Waals surface area contributed by atoms with Crippen molar-refractivity contribution in [3.63, 3.8) is 0 Å². The lowest BCUT2D eigenvalue weighted by molar-refractivity contribution is 0.0184. The Labute approximate surface area is 139 Å². The number of allylic oxidation sites excluding steroid dienone is 1. The molecule has 1 aliphatic rings. The monoisotopic (exact) mass is 316 g/mol. The molecular formula is C19H28N2O2. The number of pyridine rings is 1. The molecule has 1 aromatic heterocycles. The molecule has 4 nitrogen and oxygen atoms in total. The summed E-state index contributed by atoms with van der Waals surface area (Å²) < 4.78 is 5.44. The summed E-state index contributed by atoms with van der Waals surface area (Å²) in [5, 5.41) is 0. The van der Waals surface area contributed by atoms with Crippen LogP contribution in [0.25, 0.3) is 6.08 Å². The van der Waals surface area contributed by atoms with E-state index in [1.807, 2.05) is 50.2 Å². The van der Waals surface area contributed by atoms with Crippen molar-refractivity contribution in [2.45, 2.75) is 52.6 Å². The van der Waals surface area contributed by atoms with E-state index in [1.54, 1.807) is 0 Å². The van der Waals surface area contributed by atoms with Crippen LogP contribution < -0.4 is 0 Å². The number of hydrogen-bond acceptors (Lipinski definition) is 3. The van der Waals surface area contributed by atoms with Crippen LogP contribution in [0.2, 0.25) is 0 Å². The van der Waals surface area contributed by atoms with Crippen molar-refractivity contribution in [2.24, 2.45) is 5.92 Å². The van der Waals surface area contributed by atoms with E-state index in [0.29, 0.717) is 5.92 Å². The maximum atomic E-state index is 12.1. The molecule has 0 aliphatic carbocycles. The summed E-state index contributed by atoms with van der Waals surface area (Å²) in [6, 6.07) is 4.04. The molecule has 1 aromatic rings. The summed E-state index contributed by atoms with van der Waals surface area (Å²) in [5.41, 5.74) is 2.16. The summed E-state index contributed by atoms with van der Waals surface area (Å²) in [6.45, 7) is 9.49. The van der Waals surface area contributed by atoms with E-state index in [2.05, 4.69) is 18.0 Å². The number of rotatable bonds is 3. The molecule has 23 heavy (non-hydrogen) atoms. The van der Waals surface area contributed by atoms with E-state index in [4.69, 9.17) is 4.74 Å². The first-order valence-corrected chi connectivity index (χ1v) is 8.38. The van der Waals surface area contributed by atoms with E-state index >= 15 is 0 Å². The number of amides is 1. The van der Waals surface area contributed by atoms with Crippen LogP contribution in [0.4, 0.5) is 4.79 Å². The van der Waals surface area contributed by atoms with Crippen LogP contribution in [-0.2, 0) is 4.74 Å². The highest BCUT2D eigenvalue weighted by molar-refractivity contribution is 5.68. The van der Waals surface area contributed by atoms with Crippen molar-refractivity contribution in [2.75, 3.05) is 13.1 Å². The summed E-state index contributed by atoms with van der Waals surface area (Å²) in [5.74, 6) is 0.645. The molecule has 2 heterocycles. The lowest BCUT2D eigenvalue weighted by Crippen LogP contribution is -2.41. The van der Waals surface area contributed by atoms with Gasteiger partial charge >= 0.3 is 6.09 Å². The SMILES string of the molecule is CC(=Cc1ccncc1)CC1CCN(C(=O)OC(C)(C)C)CC1. The van der Waals surface area contributed by atoms with Crippen molar-refractivity contribution in [1.29, 1.82) is 0 Å². The minimum Gasteiger partial charge on any atom is -0.444 e. The highest BCUT2D eigenvalue weighted by Crippen LogP contribution is 2.25. The summed E-state index contributed by atoms with van der Waals surface area (Å²) >= 11 is 0. The molecule has 1 saturated heterocycles. The number of likely N-dealkylation sites (tertiary alicyclic amines) is 1. The van der Waals surface area contributed by atoms with Crippen LogP contribution in [0.1, 0.15) is 52.5 Å². The molecule has 0 spiro atoms. The summed E-state index contributed by atoms with van der Waals surface area (Å²) in [6.07, 6.45) is 8.85. The van der Waals surface area contributed by atoms with Crippen LogP contribution in [0.3, 0.4) is 0 Å². The third-order valence-electron chi connectivity index (χ3n) is 4.00. The predicted molar refractivity (Wildman–Crippen MR) is 93.0 cm³/mol. The normalized spacial score (nSPS) is 17.2. The summed E-state index contributed by atoms with van der Waals surface area (Å²) in [4.78, 5) is 17.9. The number of carbonyl (C=O) groups is 1. The van der Waals surface area contributed by atoms with Gasteiger partial charge < -0.3 is 9.64 Å². The molecule has 0 N–H and O–H groups in total. The Hall–Kier alpha value is -1.84. The lowest BCUT2D eigenvalue weighted by atomic mass is 9.90. The molecule has 0 unspecified atom stereocenters.